The lowest BCUT2D eigenvalue weighted by atomic mass is 10.0. The third kappa shape index (κ3) is 3.44. The van der Waals surface area contributed by atoms with Crippen LogP contribution in [0.15, 0.2) is 18.3 Å². The molecule has 0 spiro atoms. The largest absolute Gasteiger partial charge is 0.465 e. The predicted molar refractivity (Wildman–Crippen MR) is 74.5 cm³/mol. The molecule has 1 aromatic rings. The Balaban J connectivity index is 2.09. The van der Waals surface area contributed by atoms with Crippen molar-refractivity contribution in [3.05, 3.63) is 23.9 Å². The Kier molecular flexibility index (Phi) is 4.74. The highest BCUT2D eigenvalue weighted by Crippen LogP contribution is 2.18. The molecule has 5 nitrogen and oxygen atoms in total. The van der Waals surface area contributed by atoms with Crippen molar-refractivity contribution in [3.8, 4) is 0 Å². The summed E-state index contributed by atoms with van der Waals surface area (Å²) in [5.74, 6) is 0.341. The molecule has 0 aromatic carbocycles. The average molecular weight is 263 g/mol. The van der Waals surface area contributed by atoms with E-state index in [1.54, 1.807) is 18.3 Å². The van der Waals surface area contributed by atoms with E-state index >= 15 is 0 Å². The van der Waals surface area contributed by atoms with Crippen LogP contribution in [-0.2, 0) is 4.74 Å². The first kappa shape index (κ1) is 13.8. The summed E-state index contributed by atoms with van der Waals surface area (Å²) in [7, 11) is 3.35. The van der Waals surface area contributed by atoms with Gasteiger partial charge in [0.25, 0.3) is 0 Å². The van der Waals surface area contributed by atoms with Crippen LogP contribution in [0.25, 0.3) is 0 Å². The maximum Gasteiger partial charge on any atom is 0.341 e. The van der Waals surface area contributed by atoms with E-state index in [4.69, 9.17) is 4.74 Å². The molecule has 1 aliphatic rings. The van der Waals surface area contributed by atoms with Crippen molar-refractivity contribution < 1.29 is 9.53 Å². The molecule has 1 aliphatic heterocycles. The van der Waals surface area contributed by atoms with E-state index in [1.807, 2.05) is 11.9 Å². The molecule has 1 fully saturated rings. The van der Waals surface area contributed by atoms with E-state index in [-0.39, 0.29) is 5.97 Å². The first-order valence-electron chi connectivity index (χ1n) is 6.70. The zero-order valence-corrected chi connectivity index (χ0v) is 11.6. The molecule has 1 atom stereocenters. The van der Waals surface area contributed by atoms with E-state index < -0.39 is 0 Å². The highest BCUT2D eigenvalue weighted by Gasteiger charge is 2.19. The van der Waals surface area contributed by atoms with E-state index in [0.29, 0.717) is 17.4 Å². The first-order valence-corrected chi connectivity index (χ1v) is 6.70. The summed E-state index contributed by atoms with van der Waals surface area (Å²) in [6.07, 6.45) is 5.38. The van der Waals surface area contributed by atoms with E-state index in [1.165, 1.54) is 26.4 Å². The molecule has 5 heteroatoms. The maximum absolute atomic E-state index is 11.7. The fraction of sp³-hybridized carbons (Fsp3) is 0.571. The van der Waals surface area contributed by atoms with E-state index in [2.05, 4.69) is 10.3 Å². The highest BCUT2D eigenvalue weighted by atomic mass is 16.5. The minimum atomic E-state index is -0.341. The summed E-state index contributed by atoms with van der Waals surface area (Å²) in [5.41, 5.74) is 0.517. The van der Waals surface area contributed by atoms with E-state index in [9.17, 15) is 4.79 Å². The molecule has 2 rings (SSSR count). The van der Waals surface area contributed by atoms with Gasteiger partial charge in [0.15, 0.2) is 0 Å². The van der Waals surface area contributed by atoms with Crippen LogP contribution in [0.3, 0.4) is 0 Å². The van der Waals surface area contributed by atoms with Gasteiger partial charge in [0.2, 0.25) is 0 Å². The van der Waals surface area contributed by atoms with Gasteiger partial charge in [-0.3, -0.25) is 0 Å². The molecule has 1 saturated heterocycles. The third-order valence-electron chi connectivity index (χ3n) is 3.46. The number of piperidine rings is 1. The van der Waals surface area contributed by atoms with Crippen LogP contribution in [0.5, 0.6) is 0 Å². The molecule has 0 radical (unpaired) electrons. The first-order chi connectivity index (χ1) is 9.22. The number of methoxy groups -OCH3 is 1. The Morgan fingerprint density at radius 1 is 1.58 bits per heavy atom. The van der Waals surface area contributed by atoms with Gasteiger partial charge < -0.3 is 15.0 Å². The molecule has 1 unspecified atom stereocenters. The quantitative estimate of drug-likeness (QED) is 0.833. The van der Waals surface area contributed by atoms with Gasteiger partial charge in [0.05, 0.1) is 7.11 Å². The van der Waals surface area contributed by atoms with Crippen LogP contribution in [0, 0.1) is 0 Å². The molecule has 2 heterocycles. The number of carbonyl (C=O) groups excluding carboxylic acids is 1. The van der Waals surface area contributed by atoms with Crippen molar-refractivity contribution in [2.24, 2.45) is 0 Å². The fourth-order valence-corrected chi connectivity index (χ4v) is 2.47. The van der Waals surface area contributed by atoms with Gasteiger partial charge >= 0.3 is 5.97 Å². The number of rotatable bonds is 4. The number of esters is 1. The predicted octanol–water partition coefficient (Wildman–Crippen LogP) is 1.45. The SMILES string of the molecule is COC(=O)c1cccnc1N(C)CC1CCCCN1. The average Bonchev–Trinajstić information content (AvgIpc) is 2.47. The second kappa shape index (κ2) is 6.52. The molecule has 0 saturated carbocycles. The Morgan fingerprint density at radius 2 is 2.42 bits per heavy atom. The van der Waals surface area contributed by atoms with E-state index in [0.717, 1.165) is 13.1 Å². The van der Waals surface area contributed by atoms with Gasteiger partial charge in [-0.05, 0) is 31.5 Å². The Morgan fingerprint density at radius 3 is 3.11 bits per heavy atom. The lowest BCUT2D eigenvalue weighted by molar-refractivity contribution is 0.0601. The summed E-state index contributed by atoms with van der Waals surface area (Å²) >= 11 is 0. The smallest absolute Gasteiger partial charge is 0.341 e. The van der Waals surface area contributed by atoms with Crippen molar-refractivity contribution in [1.82, 2.24) is 10.3 Å². The van der Waals surface area contributed by atoms with Crippen LogP contribution in [0.4, 0.5) is 5.82 Å². The van der Waals surface area contributed by atoms with Gasteiger partial charge in [-0.1, -0.05) is 6.42 Å². The van der Waals surface area contributed by atoms with Crippen molar-refractivity contribution in [2.45, 2.75) is 25.3 Å². The topological polar surface area (TPSA) is 54.5 Å². The lowest BCUT2D eigenvalue weighted by Gasteiger charge is -2.29. The van der Waals surface area contributed by atoms with Gasteiger partial charge in [0, 0.05) is 25.8 Å². The van der Waals surface area contributed by atoms with Gasteiger partial charge in [-0.2, -0.15) is 0 Å². The number of nitrogens with one attached hydrogen (secondary N) is 1. The monoisotopic (exact) mass is 263 g/mol. The number of anilines is 1. The number of hydrogen-bond acceptors (Lipinski definition) is 5. The lowest BCUT2D eigenvalue weighted by Crippen LogP contribution is -2.43. The molecule has 19 heavy (non-hydrogen) atoms. The van der Waals surface area contributed by atoms with Crippen LogP contribution in [0.2, 0.25) is 0 Å². The zero-order valence-electron chi connectivity index (χ0n) is 11.6. The summed E-state index contributed by atoms with van der Waals surface area (Å²) < 4.78 is 4.80. The van der Waals surface area contributed by atoms with Crippen LogP contribution in [-0.4, -0.2) is 44.2 Å². The van der Waals surface area contributed by atoms with Crippen molar-refractivity contribution in [1.29, 1.82) is 0 Å². The van der Waals surface area contributed by atoms with Crippen molar-refractivity contribution in [2.75, 3.05) is 32.1 Å². The molecule has 0 bridgehead atoms. The maximum atomic E-state index is 11.7. The number of pyridine rings is 1. The molecule has 0 amide bonds. The highest BCUT2D eigenvalue weighted by molar-refractivity contribution is 5.94. The fourth-order valence-electron chi connectivity index (χ4n) is 2.47. The molecular formula is C14H21N3O2. The summed E-state index contributed by atoms with van der Waals surface area (Å²) in [5, 5.41) is 3.50. The van der Waals surface area contributed by atoms with Gasteiger partial charge in [-0.15, -0.1) is 0 Å². The Bertz CT molecular complexity index is 430. The molecule has 1 N–H and O–H groups in total. The number of nitrogens with zero attached hydrogens (tertiary/aromatic N) is 2. The molecule has 1 aromatic heterocycles. The number of likely N-dealkylation sites (N-methyl/N-ethyl adjacent to an activating group) is 1. The van der Waals surface area contributed by atoms with Crippen LogP contribution >= 0.6 is 0 Å². The summed E-state index contributed by atoms with van der Waals surface area (Å²) in [6.45, 7) is 1.92. The molecule has 0 aliphatic carbocycles. The number of carbonyl (C=O) groups is 1. The standard InChI is InChI=1S/C14H21N3O2/c1-17(10-11-6-3-4-8-15-11)13-12(14(18)19-2)7-5-9-16-13/h5,7,9,11,15H,3-4,6,8,10H2,1-2H3. The minimum Gasteiger partial charge on any atom is -0.465 e. The van der Waals surface area contributed by atoms with Gasteiger partial charge in [0.1, 0.15) is 11.4 Å². The zero-order chi connectivity index (χ0) is 13.7. The summed E-state index contributed by atoms with van der Waals surface area (Å²) in [4.78, 5) is 18.1. The summed E-state index contributed by atoms with van der Waals surface area (Å²) in [6, 6.07) is 3.97. The number of ether oxygens (including phenoxy) is 1. The minimum absolute atomic E-state index is 0.341. The van der Waals surface area contributed by atoms with Crippen LogP contribution in [0.1, 0.15) is 29.6 Å². The third-order valence-corrected chi connectivity index (χ3v) is 3.46. The number of aromatic nitrogens is 1. The van der Waals surface area contributed by atoms with Crippen LogP contribution < -0.4 is 10.2 Å². The van der Waals surface area contributed by atoms with Gasteiger partial charge in [-0.25, -0.2) is 9.78 Å². The Hall–Kier alpha value is -1.62. The number of hydrogen-bond donors (Lipinski definition) is 1. The van der Waals surface area contributed by atoms with Crippen molar-refractivity contribution >= 4 is 11.8 Å². The second-order valence-electron chi connectivity index (χ2n) is 4.89. The normalized spacial score (nSPS) is 18.9. The van der Waals surface area contributed by atoms with Crippen molar-refractivity contribution in [3.63, 3.8) is 0 Å². The Labute approximate surface area is 114 Å². The molecular weight excluding hydrogens is 242 g/mol. The second-order valence-corrected chi connectivity index (χ2v) is 4.89. The molecule has 104 valence electrons.